The number of nitroso groups, excluding NO2 is 1. The molecule has 27 heavy (non-hydrogen) atoms. The molecule has 0 saturated carbocycles. The predicted molar refractivity (Wildman–Crippen MR) is 96.1 cm³/mol. The number of nitrogens with one attached hydrogen (secondary N) is 3. The highest BCUT2D eigenvalue weighted by molar-refractivity contribution is 6.14. The van der Waals surface area contributed by atoms with E-state index in [1.54, 1.807) is 27.7 Å². The van der Waals surface area contributed by atoms with Crippen molar-refractivity contribution in [3.63, 3.8) is 0 Å². The number of aromatic amines is 2. The SMILES string of the molecule is CCOC(=O)C(=CNc1nc(C)[nH]c1-c1[nH]c(C)nc1N=O)C(=O)OCC. The number of nitrogens with zero attached hydrogens (tertiary/aromatic N) is 3. The number of ether oxygens (including phenoxy) is 2. The Hall–Kier alpha value is -3.50. The van der Waals surface area contributed by atoms with Crippen LogP contribution in [0, 0.1) is 18.8 Å². The molecule has 0 amide bonds. The van der Waals surface area contributed by atoms with Crippen molar-refractivity contribution in [3.05, 3.63) is 28.3 Å². The van der Waals surface area contributed by atoms with Crippen molar-refractivity contribution in [2.24, 2.45) is 5.18 Å². The Labute approximate surface area is 154 Å². The molecule has 0 fully saturated rings. The molecule has 0 unspecified atom stereocenters. The van der Waals surface area contributed by atoms with Gasteiger partial charge in [-0.05, 0) is 32.9 Å². The minimum absolute atomic E-state index is 0.0424. The minimum Gasteiger partial charge on any atom is -0.462 e. The zero-order chi connectivity index (χ0) is 20.0. The smallest absolute Gasteiger partial charge is 0.347 e. The fourth-order valence-electron chi connectivity index (χ4n) is 2.26. The Morgan fingerprint density at radius 3 is 2.15 bits per heavy atom. The lowest BCUT2D eigenvalue weighted by molar-refractivity contribution is -0.146. The third-order valence-electron chi connectivity index (χ3n) is 3.31. The van der Waals surface area contributed by atoms with Crippen LogP contribution in [0.4, 0.5) is 11.6 Å². The highest BCUT2D eigenvalue weighted by atomic mass is 16.6. The molecule has 3 N–H and O–H groups in total. The van der Waals surface area contributed by atoms with Gasteiger partial charge in [0.1, 0.15) is 23.0 Å². The lowest BCUT2D eigenvalue weighted by atomic mass is 10.3. The number of esters is 2. The summed E-state index contributed by atoms with van der Waals surface area (Å²) in [6.45, 7) is 6.82. The fourth-order valence-corrected chi connectivity index (χ4v) is 2.26. The van der Waals surface area contributed by atoms with Crippen LogP contribution in [0.15, 0.2) is 16.9 Å². The second kappa shape index (κ2) is 8.74. The molecular weight excluding hydrogens is 356 g/mol. The van der Waals surface area contributed by atoms with Gasteiger partial charge in [0.2, 0.25) is 5.82 Å². The first-order chi connectivity index (χ1) is 12.9. The molecule has 0 aromatic carbocycles. The standard InChI is InChI=1S/C16H20N6O5/c1-5-26-15(23)10(16(24)27-6-2)7-17-13-11(18-8(3)20-13)12-14(22-25)21-9(4)19-12/h7,17H,5-6H2,1-4H3,(H,18,20)(H,19,21). The Bertz CT molecular complexity index is 862. The van der Waals surface area contributed by atoms with Crippen LogP contribution < -0.4 is 5.32 Å². The van der Waals surface area contributed by atoms with Crippen molar-refractivity contribution in [3.8, 4) is 11.4 Å². The van der Waals surface area contributed by atoms with Crippen LogP contribution in [0.25, 0.3) is 11.4 Å². The average Bonchev–Trinajstić information content (AvgIpc) is 3.17. The van der Waals surface area contributed by atoms with E-state index >= 15 is 0 Å². The number of hydrogen-bond acceptors (Lipinski definition) is 9. The Morgan fingerprint density at radius 2 is 1.59 bits per heavy atom. The highest BCUT2D eigenvalue weighted by Crippen LogP contribution is 2.31. The third kappa shape index (κ3) is 4.57. The largest absolute Gasteiger partial charge is 0.462 e. The number of carbonyl (C=O) groups excluding carboxylic acids is 2. The summed E-state index contributed by atoms with van der Waals surface area (Å²) in [4.78, 5) is 49.1. The first-order valence-corrected chi connectivity index (χ1v) is 8.19. The summed E-state index contributed by atoms with van der Waals surface area (Å²) in [7, 11) is 0. The summed E-state index contributed by atoms with van der Waals surface area (Å²) >= 11 is 0. The van der Waals surface area contributed by atoms with Gasteiger partial charge in [-0.1, -0.05) is 0 Å². The summed E-state index contributed by atoms with van der Waals surface area (Å²) < 4.78 is 9.74. The van der Waals surface area contributed by atoms with Gasteiger partial charge in [0.25, 0.3) is 0 Å². The van der Waals surface area contributed by atoms with Crippen LogP contribution in [-0.4, -0.2) is 45.1 Å². The van der Waals surface area contributed by atoms with Gasteiger partial charge in [0, 0.05) is 6.20 Å². The summed E-state index contributed by atoms with van der Waals surface area (Å²) in [6.07, 6.45) is 1.15. The van der Waals surface area contributed by atoms with Crippen molar-refractivity contribution in [2.45, 2.75) is 27.7 Å². The molecule has 0 aliphatic heterocycles. The summed E-state index contributed by atoms with van der Waals surface area (Å²) in [5.41, 5.74) is 0.402. The van der Waals surface area contributed by atoms with Gasteiger partial charge in [-0.3, -0.25) is 0 Å². The molecule has 2 aromatic heterocycles. The summed E-state index contributed by atoms with van der Waals surface area (Å²) in [6, 6.07) is 0. The lowest BCUT2D eigenvalue weighted by Crippen LogP contribution is -2.19. The third-order valence-corrected chi connectivity index (χ3v) is 3.31. The zero-order valence-electron chi connectivity index (χ0n) is 15.4. The second-order valence-corrected chi connectivity index (χ2v) is 5.30. The lowest BCUT2D eigenvalue weighted by Gasteiger charge is -2.07. The van der Waals surface area contributed by atoms with Gasteiger partial charge >= 0.3 is 11.9 Å². The molecule has 0 aliphatic carbocycles. The summed E-state index contributed by atoms with van der Waals surface area (Å²) in [5, 5.41) is 5.66. The molecular formula is C16H20N6O5. The fraction of sp³-hybridized carbons (Fsp3) is 0.375. The number of aromatic nitrogens is 4. The van der Waals surface area contributed by atoms with E-state index in [0.29, 0.717) is 23.0 Å². The molecule has 11 heteroatoms. The Kier molecular flexibility index (Phi) is 6.41. The van der Waals surface area contributed by atoms with E-state index in [4.69, 9.17) is 9.47 Å². The van der Waals surface area contributed by atoms with Crippen LogP contribution in [0.1, 0.15) is 25.5 Å². The van der Waals surface area contributed by atoms with E-state index in [2.05, 4.69) is 30.4 Å². The van der Waals surface area contributed by atoms with Crippen LogP contribution in [0.5, 0.6) is 0 Å². The van der Waals surface area contributed by atoms with E-state index in [9.17, 15) is 14.5 Å². The molecule has 0 saturated heterocycles. The molecule has 0 atom stereocenters. The molecule has 2 heterocycles. The number of anilines is 1. The molecule has 0 radical (unpaired) electrons. The number of rotatable bonds is 8. The van der Waals surface area contributed by atoms with E-state index in [0.717, 1.165) is 6.20 Å². The molecule has 11 nitrogen and oxygen atoms in total. The Balaban J connectivity index is 2.40. The second-order valence-electron chi connectivity index (χ2n) is 5.30. The van der Waals surface area contributed by atoms with Gasteiger partial charge in [0.15, 0.2) is 11.4 Å². The van der Waals surface area contributed by atoms with E-state index in [1.807, 2.05) is 0 Å². The number of carbonyl (C=O) groups is 2. The predicted octanol–water partition coefficient (Wildman–Crippen LogP) is 2.24. The van der Waals surface area contributed by atoms with Crippen molar-refractivity contribution in [2.75, 3.05) is 18.5 Å². The number of imidazole rings is 2. The van der Waals surface area contributed by atoms with Crippen molar-refractivity contribution < 1.29 is 19.1 Å². The number of H-pyrrole nitrogens is 2. The van der Waals surface area contributed by atoms with E-state index in [1.165, 1.54) is 0 Å². The highest BCUT2D eigenvalue weighted by Gasteiger charge is 2.22. The van der Waals surface area contributed by atoms with E-state index in [-0.39, 0.29) is 30.4 Å². The monoisotopic (exact) mass is 376 g/mol. The van der Waals surface area contributed by atoms with Crippen molar-refractivity contribution in [1.29, 1.82) is 0 Å². The quantitative estimate of drug-likeness (QED) is 0.208. The average molecular weight is 376 g/mol. The molecule has 0 aliphatic rings. The van der Waals surface area contributed by atoms with E-state index < -0.39 is 11.9 Å². The van der Waals surface area contributed by atoms with Gasteiger partial charge in [0.05, 0.1) is 13.2 Å². The summed E-state index contributed by atoms with van der Waals surface area (Å²) in [5.74, 6) is -0.424. The van der Waals surface area contributed by atoms with Crippen molar-refractivity contribution in [1.82, 2.24) is 19.9 Å². The topological polar surface area (TPSA) is 151 Å². The van der Waals surface area contributed by atoms with Crippen LogP contribution in [0.3, 0.4) is 0 Å². The molecule has 2 rings (SSSR count). The Morgan fingerprint density at radius 1 is 1.04 bits per heavy atom. The molecule has 0 spiro atoms. The first kappa shape index (κ1) is 19.8. The van der Waals surface area contributed by atoms with Gasteiger partial charge < -0.3 is 24.8 Å². The van der Waals surface area contributed by atoms with Crippen LogP contribution in [0.2, 0.25) is 0 Å². The maximum Gasteiger partial charge on any atom is 0.347 e. The molecule has 144 valence electrons. The zero-order valence-corrected chi connectivity index (χ0v) is 15.4. The van der Waals surface area contributed by atoms with Gasteiger partial charge in [-0.25, -0.2) is 19.6 Å². The molecule has 2 aromatic rings. The van der Waals surface area contributed by atoms with Crippen molar-refractivity contribution >= 4 is 23.6 Å². The number of hydrogen-bond donors (Lipinski definition) is 3. The van der Waals surface area contributed by atoms with Gasteiger partial charge in [-0.15, -0.1) is 4.91 Å². The number of aryl methyl sites for hydroxylation is 2. The van der Waals surface area contributed by atoms with Crippen LogP contribution >= 0.6 is 0 Å². The molecule has 0 bridgehead atoms. The van der Waals surface area contributed by atoms with Gasteiger partial charge in [-0.2, -0.15) is 0 Å². The van der Waals surface area contributed by atoms with Crippen LogP contribution in [-0.2, 0) is 19.1 Å². The normalized spacial score (nSPS) is 10.2. The maximum atomic E-state index is 12.0. The minimum atomic E-state index is -0.829. The maximum absolute atomic E-state index is 12.0. The first-order valence-electron chi connectivity index (χ1n) is 8.19.